The molecule has 0 fully saturated rings. The number of benzene rings is 2. The van der Waals surface area contributed by atoms with E-state index in [1.807, 2.05) is 43.3 Å². The highest BCUT2D eigenvalue weighted by molar-refractivity contribution is 7.99. The average molecular weight is 436 g/mol. The Kier molecular flexibility index (Phi) is 6.08. The molecule has 1 aromatic heterocycles. The van der Waals surface area contributed by atoms with Gasteiger partial charge in [0.05, 0.1) is 24.1 Å². The third-order valence-corrected chi connectivity index (χ3v) is 5.84. The lowest BCUT2D eigenvalue weighted by molar-refractivity contribution is -0.115. The van der Waals surface area contributed by atoms with E-state index < -0.39 is 5.91 Å². The molecule has 0 spiro atoms. The van der Waals surface area contributed by atoms with Crippen LogP contribution in [0.3, 0.4) is 0 Å². The molecule has 3 aromatic rings. The highest BCUT2D eigenvalue weighted by atomic mass is 32.2. The summed E-state index contributed by atoms with van der Waals surface area (Å²) >= 11 is 1.50. The van der Waals surface area contributed by atoms with Gasteiger partial charge in [0, 0.05) is 22.0 Å². The van der Waals surface area contributed by atoms with E-state index in [0.717, 1.165) is 21.9 Å². The molecule has 0 aliphatic carbocycles. The number of nitrogens with one attached hydrogen (secondary N) is 2. The van der Waals surface area contributed by atoms with E-state index in [1.54, 1.807) is 17.0 Å². The maximum Gasteiger partial charge on any atom is 0.287 e. The average Bonchev–Trinajstić information content (AvgIpc) is 3.28. The van der Waals surface area contributed by atoms with Crippen molar-refractivity contribution in [3.63, 3.8) is 0 Å². The minimum Gasteiger partial charge on any atom is -0.459 e. The molecule has 7 nitrogen and oxygen atoms in total. The summed E-state index contributed by atoms with van der Waals surface area (Å²) < 4.78 is 5.01. The van der Waals surface area contributed by atoms with Crippen LogP contribution in [-0.2, 0) is 4.79 Å². The molecule has 1 aliphatic heterocycles. The van der Waals surface area contributed by atoms with Crippen LogP contribution in [0.2, 0.25) is 0 Å². The predicted octanol–water partition coefficient (Wildman–Crippen LogP) is 4.17. The lowest BCUT2D eigenvalue weighted by Crippen LogP contribution is -2.33. The van der Waals surface area contributed by atoms with Crippen molar-refractivity contribution in [2.45, 2.75) is 23.1 Å². The van der Waals surface area contributed by atoms with Crippen LogP contribution in [0.1, 0.15) is 34.3 Å². The van der Waals surface area contributed by atoms with Crippen LogP contribution in [-0.4, -0.2) is 30.8 Å². The summed E-state index contributed by atoms with van der Waals surface area (Å²) in [5, 5.41) is 5.31. The Morgan fingerprint density at radius 1 is 1.06 bits per heavy atom. The summed E-state index contributed by atoms with van der Waals surface area (Å²) in [6, 6.07) is 16.1. The van der Waals surface area contributed by atoms with Gasteiger partial charge in [0.2, 0.25) is 5.91 Å². The van der Waals surface area contributed by atoms with Gasteiger partial charge in [-0.15, -0.1) is 0 Å². The van der Waals surface area contributed by atoms with Gasteiger partial charge in [-0.2, -0.15) is 0 Å². The Bertz CT molecular complexity index is 1130. The Balaban J connectivity index is 1.52. The van der Waals surface area contributed by atoms with Crippen LogP contribution in [0.5, 0.6) is 0 Å². The molecule has 1 aliphatic rings. The molecule has 3 amide bonds. The standard InChI is InChI=1S/C23H21N3O4S/c1-2-11-26-17-10-9-15(25-21(27)14-24-22(28)18-7-5-12-30-18)13-20(17)31-19-8-4-3-6-16(19)23(26)29/h3-10,12-13H,2,11,14H2,1H3,(H,24,28)(H,25,27). The molecule has 31 heavy (non-hydrogen) atoms. The van der Waals surface area contributed by atoms with E-state index in [-0.39, 0.29) is 24.1 Å². The summed E-state index contributed by atoms with van der Waals surface area (Å²) in [6.45, 7) is 2.45. The Labute approximate surface area is 183 Å². The Morgan fingerprint density at radius 2 is 1.90 bits per heavy atom. The van der Waals surface area contributed by atoms with Crippen molar-refractivity contribution in [1.29, 1.82) is 0 Å². The molecular formula is C23H21N3O4S. The number of carbonyl (C=O) groups is 3. The maximum atomic E-state index is 13.1. The number of hydrogen-bond acceptors (Lipinski definition) is 5. The molecular weight excluding hydrogens is 414 g/mol. The van der Waals surface area contributed by atoms with Gasteiger partial charge in [-0.3, -0.25) is 14.4 Å². The van der Waals surface area contributed by atoms with Gasteiger partial charge in [-0.25, -0.2) is 0 Å². The molecule has 8 heteroatoms. The van der Waals surface area contributed by atoms with Gasteiger partial charge >= 0.3 is 0 Å². The fourth-order valence-electron chi connectivity index (χ4n) is 3.31. The first kappa shape index (κ1) is 20.7. The van der Waals surface area contributed by atoms with Crippen LogP contribution >= 0.6 is 11.8 Å². The zero-order chi connectivity index (χ0) is 21.8. The van der Waals surface area contributed by atoms with Crippen molar-refractivity contribution >= 4 is 40.9 Å². The molecule has 2 N–H and O–H groups in total. The minimum absolute atomic E-state index is 0.0267. The molecule has 0 saturated carbocycles. The molecule has 2 aromatic carbocycles. The largest absolute Gasteiger partial charge is 0.459 e. The first-order valence-corrected chi connectivity index (χ1v) is 10.7. The number of furan rings is 1. The van der Waals surface area contributed by atoms with Crippen molar-refractivity contribution in [2.75, 3.05) is 23.3 Å². The number of anilines is 2. The monoisotopic (exact) mass is 435 g/mol. The number of fused-ring (bicyclic) bond motifs is 2. The second-order valence-electron chi connectivity index (χ2n) is 6.95. The van der Waals surface area contributed by atoms with Crippen LogP contribution in [0.25, 0.3) is 0 Å². The molecule has 4 rings (SSSR count). The van der Waals surface area contributed by atoms with E-state index in [4.69, 9.17) is 4.42 Å². The topological polar surface area (TPSA) is 91.7 Å². The van der Waals surface area contributed by atoms with Crippen LogP contribution in [0.4, 0.5) is 11.4 Å². The first-order valence-electron chi connectivity index (χ1n) is 9.91. The quantitative estimate of drug-likeness (QED) is 0.606. The molecule has 0 bridgehead atoms. The highest BCUT2D eigenvalue weighted by Crippen LogP contribution is 2.42. The Hall–Kier alpha value is -3.52. The van der Waals surface area contributed by atoms with Crippen molar-refractivity contribution in [3.8, 4) is 0 Å². The van der Waals surface area contributed by atoms with Crippen molar-refractivity contribution in [1.82, 2.24) is 5.32 Å². The molecule has 0 atom stereocenters. The molecule has 0 unspecified atom stereocenters. The van der Waals surface area contributed by atoms with Crippen molar-refractivity contribution in [3.05, 3.63) is 72.2 Å². The van der Waals surface area contributed by atoms with E-state index in [9.17, 15) is 14.4 Å². The van der Waals surface area contributed by atoms with Gasteiger partial charge in [-0.05, 0) is 48.9 Å². The van der Waals surface area contributed by atoms with Crippen molar-refractivity contribution < 1.29 is 18.8 Å². The summed E-state index contributed by atoms with van der Waals surface area (Å²) in [5.74, 6) is -0.696. The molecule has 2 heterocycles. The normalized spacial score (nSPS) is 12.5. The van der Waals surface area contributed by atoms with E-state index in [0.29, 0.717) is 17.8 Å². The summed E-state index contributed by atoms with van der Waals surface area (Å²) in [7, 11) is 0. The molecule has 0 radical (unpaired) electrons. The summed E-state index contributed by atoms with van der Waals surface area (Å²) in [4.78, 5) is 40.9. The number of hydrogen-bond donors (Lipinski definition) is 2. The molecule has 158 valence electrons. The van der Waals surface area contributed by atoms with Gasteiger partial charge in [0.25, 0.3) is 11.8 Å². The smallest absolute Gasteiger partial charge is 0.287 e. The number of amides is 3. The zero-order valence-electron chi connectivity index (χ0n) is 16.9. The lowest BCUT2D eigenvalue weighted by Gasteiger charge is -2.22. The van der Waals surface area contributed by atoms with Gasteiger partial charge in [0.15, 0.2) is 5.76 Å². The highest BCUT2D eigenvalue weighted by Gasteiger charge is 2.26. The first-order chi connectivity index (χ1) is 15.1. The van der Waals surface area contributed by atoms with E-state index in [2.05, 4.69) is 10.6 Å². The Morgan fingerprint density at radius 3 is 2.68 bits per heavy atom. The van der Waals surface area contributed by atoms with Crippen molar-refractivity contribution in [2.24, 2.45) is 0 Å². The summed E-state index contributed by atoms with van der Waals surface area (Å²) in [6.07, 6.45) is 2.22. The summed E-state index contributed by atoms with van der Waals surface area (Å²) in [5.41, 5.74) is 2.08. The predicted molar refractivity (Wildman–Crippen MR) is 119 cm³/mol. The van der Waals surface area contributed by atoms with Crippen LogP contribution < -0.4 is 15.5 Å². The molecule has 0 saturated heterocycles. The fraction of sp³-hybridized carbons (Fsp3) is 0.174. The van der Waals surface area contributed by atoms with Gasteiger partial charge < -0.3 is 20.0 Å². The minimum atomic E-state index is -0.456. The second-order valence-corrected chi connectivity index (χ2v) is 8.03. The van der Waals surface area contributed by atoms with Gasteiger partial charge in [-0.1, -0.05) is 30.8 Å². The van der Waals surface area contributed by atoms with Crippen LogP contribution in [0, 0.1) is 0 Å². The second kappa shape index (κ2) is 9.09. The lowest BCUT2D eigenvalue weighted by atomic mass is 10.1. The van der Waals surface area contributed by atoms with E-state index >= 15 is 0 Å². The third-order valence-electron chi connectivity index (χ3n) is 4.72. The number of nitrogens with zero attached hydrogens (tertiary/aromatic N) is 1. The third kappa shape index (κ3) is 4.49. The SMILES string of the molecule is CCCN1C(=O)c2ccccc2Sc2cc(NC(=O)CNC(=O)c3ccco3)ccc21. The van der Waals surface area contributed by atoms with Gasteiger partial charge in [0.1, 0.15) is 0 Å². The zero-order valence-corrected chi connectivity index (χ0v) is 17.7. The fourth-order valence-corrected chi connectivity index (χ4v) is 4.43. The van der Waals surface area contributed by atoms with Crippen LogP contribution in [0.15, 0.2) is 75.1 Å². The van der Waals surface area contributed by atoms with E-state index in [1.165, 1.54) is 24.1 Å². The maximum absolute atomic E-state index is 13.1. The number of rotatable bonds is 6. The number of carbonyl (C=O) groups excluding carboxylic acids is 3.